The van der Waals surface area contributed by atoms with Crippen LogP contribution in [-0.2, 0) is 11.2 Å². The molecule has 2 N–H and O–H groups in total. The van der Waals surface area contributed by atoms with Crippen molar-refractivity contribution in [3.05, 3.63) is 70.8 Å². The van der Waals surface area contributed by atoms with Crippen molar-refractivity contribution in [1.29, 1.82) is 0 Å². The van der Waals surface area contributed by atoms with E-state index in [0.717, 1.165) is 11.1 Å². The third kappa shape index (κ3) is 3.24. The van der Waals surface area contributed by atoms with Crippen LogP contribution < -0.4 is 5.32 Å². The van der Waals surface area contributed by atoms with Gasteiger partial charge in [-0.25, -0.2) is 8.78 Å². The fourth-order valence-electron chi connectivity index (χ4n) is 3.04. The Labute approximate surface area is 133 Å². The minimum Gasteiger partial charge on any atom is -0.395 e. The molecule has 1 aliphatic carbocycles. The van der Waals surface area contributed by atoms with Gasteiger partial charge >= 0.3 is 0 Å². The zero-order valence-electron chi connectivity index (χ0n) is 12.4. The van der Waals surface area contributed by atoms with Crippen LogP contribution >= 0.6 is 0 Å². The molecular formula is C18H17F2NO2. The number of hydrogen-bond acceptors (Lipinski definition) is 2. The van der Waals surface area contributed by atoms with Gasteiger partial charge in [0.1, 0.15) is 11.6 Å². The number of nitrogens with one attached hydrogen (secondary N) is 1. The number of aliphatic hydroxyl groups is 1. The van der Waals surface area contributed by atoms with Gasteiger partial charge in [-0.05, 0) is 53.8 Å². The molecule has 0 aliphatic heterocycles. The Bertz CT molecular complexity index is 715. The number of amides is 1. The molecule has 0 radical (unpaired) electrons. The summed E-state index contributed by atoms with van der Waals surface area (Å²) in [5, 5.41) is 12.4. The first-order valence-electron chi connectivity index (χ1n) is 7.53. The van der Waals surface area contributed by atoms with E-state index in [0.29, 0.717) is 18.4 Å². The number of rotatable bonds is 4. The number of aryl methyl sites for hydroxylation is 1. The fourth-order valence-corrected chi connectivity index (χ4v) is 3.04. The molecular weight excluding hydrogens is 300 g/mol. The normalized spacial score (nSPS) is 17.6. The van der Waals surface area contributed by atoms with Crippen LogP contribution in [0, 0.1) is 11.6 Å². The fraction of sp³-hybridized carbons (Fsp3) is 0.278. The van der Waals surface area contributed by atoms with Crippen LogP contribution in [-0.4, -0.2) is 17.6 Å². The third-order valence-electron chi connectivity index (χ3n) is 4.27. The third-order valence-corrected chi connectivity index (χ3v) is 4.27. The number of hydrogen-bond donors (Lipinski definition) is 2. The molecule has 1 amide bonds. The molecule has 120 valence electrons. The molecule has 0 spiro atoms. The second-order valence-electron chi connectivity index (χ2n) is 5.73. The van der Waals surface area contributed by atoms with Crippen LogP contribution in [0.2, 0.25) is 0 Å². The SMILES string of the molecule is O=C(N[C@H]1CCc2cc(F)ccc21)[C@@H](CO)c1ccc(F)cc1. The Hall–Kier alpha value is -2.27. The number of halogens is 2. The molecule has 0 aromatic heterocycles. The van der Waals surface area contributed by atoms with Crippen molar-refractivity contribution in [3.63, 3.8) is 0 Å². The van der Waals surface area contributed by atoms with Crippen LogP contribution in [0.15, 0.2) is 42.5 Å². The molecule has 5 heteroatoms. The summed E-state index contributed by atoms with van der Waals surface area (Å²) in [5.41, 5.74) is 2.37. The first-order chi connectivity index (χ1) is 11.1. The monoisotopic (exact) mass is 317 g/mol. The van der Waals surface area contributed by atoms with Crippen molar-refractivity contribution in [2.24, 2.45) is 0 Å². The van der Waals surface area contributed by atoms with Crippen LogP contribution in [0.25, 0.3) is 0 Å². The highest BCUT2D eigenvalue weighted by Crippen LogP contribution is 2.32. The van der Waals surface area contributed by atoms with Gasteiger partial charge in [0.25, 0.3) is 0 Å². The van der Waals surface area contributed by atoms with Gasteiger partial charge in [-0.1, -0.05) is 18.2 Å². The predicted molar refractivity (Wildman–Crippen MR) is 81.8 cm³/mol. The average molecular weight is 317 g/mol. The number of benzene rings is 2. The maximum absolute atomic E-state index is 13.2. The number of carbonyl (C=O) groups is 1. The molecule has 0 saturated carbocycles. The zero-order valence-corrected chi connectivity index (χ0v) is 12.4. The Morgan fingerprint density at radius 3 is 2.57 bits per heavy atom. The van der Waals surface area contributed by atoms with E-state index in [1.165, 1.54) is 36.4 Å². The molecule has 3 nitrogen and oxygen atoms in total. The van der Waals surface area contributed by atoms with E-state index in [2.05, 4.69) is 5.32 Å². The maximum atomic E-state index is 13.2. The van der Waals surface area contributed by atoms with Gasteiger partial charge in [-0.3, -0.25) is 4.79 Å². The lowest BCUT2D eigenvalue weighted by molar-refractivity contribution is -0.124. The molecule has 23 heavy (non-hydrogen) atoms. The Morgan fingerprint density at radius 2 is 1.87 bits per heavy atom. The van der Waals surface area contributed by atoms with Crippen molar-refractivity contribution in [2.45, 2.75) is 24.8 Å². The highest BCUT2D eigenvalue weighted by molar-refractivity contribution is 5.84. The summed E-state index contributed by atoms with van der Waals surface area (Å²) in [5.74, 6) is -1.74. The van der Waals surface area contributed by atoms with Gasteiger partial charge in [0, 0.05) is 0 Å². The van der Waals surface area contributed by atoms with Gasteiger partial charge in [0.05, 0.1) is 18.6 Å². The van der Waals surface area contributed by atoms with E-state index in [9.17, 15) is 18.7 Å². The lowest BCUT2D eigenvalue weighted by Crippen LogP contribution is -2.33. The van der Waals surface area contributed by atoms with Crippen molar-refractivity contribution in [3.8, 4) is 0 Å². The van der Waals surface area contributed by atoms with Gasteiger partial charge in [-0.15, -0.1) is 0 Å². The minimum absolute atomic E-state index is 0.187. The number of aliphatic hydroxyl groups excluding tert-OH is 1. The van der Waals surface area contributed by atoms with E-state index in [1.807, 2.05) is 0 Å². The van der Waals surface area contributed by atoms with E-state index in [4.69, 9.17) is 0 Å². The van der Waals surface area contributed by atoms with Gasteiger partial charge in [0.2, 0.25) is 5.91 Å². The van der Waals surface area contributed by atoms with Crippen LogP contribution in [0.5, 0.6) is 0 Å². The molecule has 2 aromatic rings. The van der Waals surface area contributed by atoms with Gasteiger partial charge in [-0.2, -0.15) is 0 Å². The molecule has 3 rings (SSSR count). The van der Waals surface area contributed by atoms with Crippen molar-refractivity contribution < 1.29 is 18.7 Å². The first kappa shape index (κ1) is 15.6. The summed E-state index contributed by atoms with van der Waals surface area (Å²) in [6, 6.07) is 9.89. The molecule has 0 fully saturated rings. The minimum atomic E-state index is -0.750. The summed E-state index contributed by atoms with van der Waals surface area (Å²) < 4.78 is 26.2. The second-order valence-corrected chi connectivity index (χ2v) is 5.73. The van der Waals surface area contributed by atoms with Crippen LogP contribution in [0.4, 0.5) is 8.78 Å². The zero-order chi connectivity index (χ0) is 16.4. The molecule has 2 aromatic carbocycles. The molecule has 0 unspecified atom stereocenters. The quantitative estimate of drug-likeness (QED) is 0.911. The maximum Gasteiger partial charge on any atom is 0.230 e. The van der Waals surface area contributed by atoms with E-state index >= 15 is 0 Å². The highest BCUT2D eigenvalue weighted by atomic mass is 19.1. The lowest BCUT2D eigenvalue weighted by atomic mass is 9.98. The summed E-state index contributed by atoms with van der Waals surface area (Å²) in [7, 11) is 0. The summed E-state index contributed by atoms with van der Waals surface area (Å²) in [6.45, 7) is -0.361. The number of carbonyl (C=O) groups excluding carboxylic acids is 1. The van der Waals surface area contributed by atoms with Crippen molar-refractivity contribution in [2.75, 3.05) is 6.61 Å². The van der Waals surface area contributed by atoms with Crippen molar-refractivity contribution >= 4 is 5.91 Å². The van der Waals surface area contributed by atoms with E-state index in [-0.39, 0.29) is 24.4 Å². The molecule has 1 aliphatic rings. The van der Waals surface area contributed by atoms with Crippen LogP contribution in [0.3, 0.4) is 0 Å². The largest absolute Gasteiger partial charge is 0.395 e. The topological polar surface area (TPSA) is 49.3 Å². The molecule has 0 heterocycles. The molecule has 0 bridgehead atoms. The second kappa shape index (κ2) is 6.46. The Kier molecular flexibility index (Phi) is 4.39. The predicted octanol–water partition coefficient (Wildman–Crippen LogP) is 2.84. The Morgan fingerprint density at radius 1 is 1.17 bits per heavy atom. The van der Waals surface area contributed by atoms with Gasteiger partial charge < -0.3 is 10.4 Å². The number of fused-ring (bicyclic) bond motifs is 1. The highest BCUT2D eigenvalue weighted by Gasteiger charge is 2.27. The van der Waals surface area contributed by atoms with E-state index in [1.54, 1.807) is 6.07 Å². The van der Waals surface area contributed by atoms with Gasteiger partial charge in [0.15, 0.2) is 0 Å². The standard InChI is InChI=1S/C18H17F2NO2/c19-13-4-1-11(2-5-13)16(10-22)18(23)21-17-8-3-12-9-14(20)6-7-15(12)17/h1-2,4-7,9,16-17,22H,3,8,10H2,(H,21,23)/t16-,17-/m0/s1. The first-order valence-corrected chi connectivity index (χ1v) is 7.53. The van der Waals surface area contributed by atoms with Crippen molar-refractivity contribution in [1.82, 2.24) is 5.32 Å². The summed E-state index contributed by atoms with van der Waals surface area (Å²) in [6.07, 6.45) is 1.41. The molecule has 0 saturated heterocycles. The van der Waals surface area contributed by atoms with Crippen LogP contribution in [0.1, 0.15) is 35.1 Å². The summed E-state index contributed by atoms with van der Waals surface area (Å²) in [4.78, 5) is 12.5. The average Bonchev–Trinajstić information content (AvgIpc) is 2.92. The Balaban J connectivity index is 1.75. The lowest BCUT2D eigenvalue weighted by Gasteiger charge is -2.19. The smallest absolute Gasteiger partial charge is 0.230 e. The molecule has 2 atom stereocenters. The summed E-state index contributed by atoms with van der Waals surface area (Å²) >= 11 is 0. The van der Waals surface area contributed by atoms with E-state index < -0.39 is 11.7 Å².